The summed E-state index contributed by atoms with van der Waals surface area (Å²) in [5.74, 6) is -5.77. The summed E-state index contributed by atoms with van der Waals surface area (Å²) in [6.07, 6.45) is -1.60. The van der Waals surface area contributed by atoms with E-state index in [1.807, 2.05) is 0 Å². The van der Waals surface area contributed by atoms with Crippen LogP contribution in [0, 0.1) is 17.5 Å². The van der Waals surface area contributed by atoms with E-state index in [2.05, 4.69) is 10.3 Å². The summed E-state index contributed by atoms with van der Waals surface area (Å²) >= 11 is 19.2. The Balaban J connectivity index is 1.45. The molecule has 4 aromatic carbocycles. The smallest absolute Gasteiger partial charge is 0.319 e. The van der Waals surface area contributed by atoms with Crippen molar-refractivity contribution in [1.82, 2.24) is 15.0 Å². The highest BCUT2D eigenvalue weighted by molar-refractivity contribution is 8.01. The molecule has 5 aromatic rings. The molecular formula is C40H37Cl3F3N3O7S. The molecule has 17 heteroatoms. The van der Waals surface area contributed by atoms with Crippen LogP contribution in [0.5, 0.6) is 0 Å². The van der Waals surface area contributed by atoms with Crippen LogP contribution in [0.3, 0.4) is 0 Å². The number of halogens is 6. The molecule has 2 heterocycles. The van der Waals surface area contributed by atoms with Crippen LogP contribution in [-0.4, -0.2) is 72.4 Å². The van der Waals surface area contributed by atoms with Gasteiger partial charge in [-0.15, -0.1) is 16.9 Å². The molecule has 6 rings (SSSR count). The van der Waals surface area contributed by atoms with Crippen LogP contribution in [0.4, 0.5) is 13.2 Å². The molecular weight excluding hydrogens is 830 g/mol. The Morgan fingerprint density at radius 3 is 1.82 bits per heavy atom. The van der Waals surface area contributed by atoms with Crippen LogP contribution < -0.4 is 0 Å². The fourth-order valence-electron chi connectivity index (χ4n) is 6.16. The van der Waals surface area contributed by atoms with Gasteiger partial charge in [-0.3, -0.25) is 4.79 Å². The van der Waals surface area contributed by atoms with Gasteiger partial charge in [0.2, 0.25) is 0 Å². The summed E-state index contributed by atoms with van der Waals surface area (Å²) in [6, 6.07) is 21.5. The minimum Gasteiger partial charge on any atom is -0.480 e. The quantitative estimate of drug-likeness (QED) is 0.0930. The van der Waals surface area contributed by atoms with E-state index in [0.29, 0.717) is 20.6 Å². The molecule has 302 valence electrons. The highest BCUT2D eigenvalue weighted by Gasteiger charge is 2.52. The van der Waals surface area contributed by atoms with Gasteiger partial charge in [0, 0.05) is 20.6 Å². The van der Waals surface area contributed by atoms with Gasteiger partial charge >= 0.3 is 5.97 Å². The standard InChI is InChI=1S/C40H37Cl3F3N3O7S/c1-40(2,52)37(38(50)51)57-39-36(55-20-24-7-13-28(43)14-8-24)34(49-17-31(47-48-49)25-15-29(44)33(46)30(45)16-25)35(54-19-23-5-11-27(42)12-6-23)32(56-39)21-53-18-22-3-9-26(41)10-4-22/h3-17,32,34-37,39,52H,18-21H2,1-2H3,(H,50,51)/t32-,34+,35+,36-,37?,39+/m1/s1. The first-order valence-corrected chi connectivity index (χ1v) is 19.6. The van der Waals surface area contributed by atoms with E-state index in [9.17, 15) is 28.2 Å². The zero-order valence-corrected chi connectivity index (χ0v) is 33.5. The normalized spacial score (nSPS) is 20.4. The Morgan fingerprint density at radius 1 is 0.842 bits per heavy atom. The Labute approximate surface area is 345 Å². The van der Waals surface area contributed by atoms with Gasteiger partial charge in [-0.2, -0.15) is 0 Å². The number of ether oxygens (including phenoxy) is 4. The summed E-state index contributed by atoms with van der Waals surface area (Å²) in [6.45, 7) is 2.83. The van der Waals surface area contributed by atoms with Crippen LogP contribution in [0.25, 0.3) is 11.3 Å². The fraction of sp³-hybridized carbons (Fsp3) is 0.325. The predicted molar refractivity (Wildman–Crippen MR) is 210 cm³/mol. The van der Waals surface area contributed by atoms with E-state index < -0.39 is 64.1 Å². The van der Waals surface area contributed by atoms with Crippen LogP contribution >= 0.6 is 46.6 Å². The molecule has 57 heavy (non-hydrogen) atoms. The molecule has 1 fully saturated rings. The second-order valence-electron chi connectivity index (χ2n) is 13.8. The van der Waals surface area contributed by atoms with Gasteiger partial charge in [0.15, 0.2) is 17.5 Å². The average Bonchev–Trinajstić information content (AvgIpc) is 3.66. The number of hydrogen-bond acceptors (Lipinski definition) is 9. The second-order valence-corrected chi connectivity index (χ2v) is 16.3. The van der Waals surface area contributed by atoms with Crippen molar-refractivity contribution < 1.29 is 47.1 Å². The first-order valence-electron chi connectivity index (χ1n) is 17.5. The molecule has 0 radical (unpaired) electrons. The van der Waals surface area contributed by atoms with Crippen molar-refractivity contribution in [1.29, 1.82) is 0 Å². The highest BCUT2D eigenvalue weighted by atomic mass is 35.5. The third-order valence-corrected chi connectivity index (χ3v) is 11.5. The fourth-order valence-corrected chi connectivity index (χ4v) is 7.86. The lowest BCUT2D eigenvalue weighted by Gasteiger charge is -2.47. The topological polar surface area (TPSA) is 125 Å². The molecule has 0 bridgehead atoms. The van der Waals surface area contributed by atoms with Gasteiger partial charge in [-0.25, -0.2) is 17.9 Å². The second kappa shape index (κ2) is 18.9. The number of thioether (sulfide) groups is 1. The molecule has 1 aliphatic rings. The monoisotopic (exact) mass is 865 g/mol. The van der Waals surface area contributed by atoms with Crippen LogP contribution in [-0.2, 0) is 43.6 Å². The molecule has 1 saturated heterocycles. The van der Waals surface area contributed by atoms with Crippen molar-refractivity contribution in [2.75, 3.05) is 6.61 Å². The molecule has 1 aromatic heterocycles. The van der Waals surface area contributed by atoms with Gasteiger partial charge in [-0.05, 0) is 79.1 Å². The Hall–Kier alpha value is -3.70. The maximum absolute atomic E-state index is 14.4. The molecule has 2 N–H and O–H groups in total. The summed E-state index contributed by atoms with van der Waals surface area (Å²) in [4.78, 5) is 12.6. The van der Waals surface area contributed by atoms with E-state index in [1.54, 1.807) is 72.8 Å². The number of benzene rings is 4. The summed E-state index contributed by atoms with van der Waals surface area (Å²) in [7, 11) is 0. The lowest BCUT2D eigenvalue weighted by Crippen LogP contribution is -2.58. The van der Waals surface area contributed by atoms with Gasteiger partial charge in [0.1, 0.15) is 40.7 Å². The van der Waals surface area contributed by atoms with Crippen LogP contribution in [0.2, 0.25) is 15.1 Å². The van der Waals surface area contributed by atoms with Crippen molar-refractivity contribution in [2.45, 2.75) is 74.3 Å². The Morgan fingerprint density at radius 2 is 1.33 bits per heavy atom. The number of aromatic nitrogens is 3. The minimum absolute atomic E-state index is 0.00756. The Bertz CT molecular complexity index is 2100. The molecule has 0 saturated carbocycles. The third kappa shape index (κ3) is 11.1. The zero-order chi connectivity index (χ0) is 40.9. The van der Waals surface area contributed by atoms with Crippen molar-refractivity contribution >= 4 is 52.5 Å². The molecule has 0 aliphatic carbocycles. The first kappa shape index (κ1) is 42.9. The number of carboxylic acid groups (broad SMARTS) is 1. The van der Waals surface area contributed by atoms with Crippen LogP contribution in [0.1, 0.15) is 36.6 Å². The SMILES string of the molecule is CC(C)(O)C(S[C@@H]1O[C@H](COCc2ccc(Cl)cc2)[C@H](OCc2ccc(Cl)cc2)[C@H](n2cc(-c3cc(F)c(F)c(F)c3)nn2)[C@H]1OCc1ccc(Cl)cc1)C(=O)O. The zero-order valence-electron chi connectivity index (χ0n) is 30.4. The molecule has 6 atom stereocenters. The predicted octanol–water partition coefficient (Wildman–Crippen LogP) is 8.93. The van der Waals surface area contributed by atoms with E-state index in [1.165, 1.54) is 24.7 Å². The number of carbonyl (C=O) groups is 1. The van der Waals surface area contributed by atoms with Crippen LogP contribution in [0.15, 0.2) is 91.1 Å². The van der Waals surface area contributed by atoms with E-state index in [-0.39, 0.29) is 37.7 Å². The van der Waals surface area contributed by atoms with Gasteiger partial charge in [-0.1, -0.05) is 76.4 Å². The number of nitrogens with zero attached hydrogens (tertiary/aromatic N) is 3. The first-order chi connectivity index (χ1) is 27.2. The maximum atomic E-state index is 14.4. The minimum atomic E-state index is -1.73. The molecule has 0 spiro atoms. The van der Waals surface area contributed by atoms with E-state index in [4.69, 9.17) is 53.8 Å². The van der Waals surface area contributed by atoms with Gasteiger partial charge in [0.25, 0.3) is 0 Å². The number of aliphatic carboxylic acids is 1. The number of hydrogen-bond donors (Lipinski definition) is 2. The summed E-state index contributed by atoms with van der Waals surface area (Å²) in [5, 5.41) is 30.0. The highest BCUT2D eigenvalue weighted by Crippen LogP contribution is 2.43. The molecule has 10 nitrogen and oxygen atoms in total. The molecule has 1 aliphatic heterocycles. The number of aliphatic hydroxyl groups is 1. The maximum Gasteiger partial charge on any atom is 0.319 e. The lowest BCUT2D eigenvalue weighted by atomic mass is 9.96. The van der Waals surface area contributed by atoms with Gasteiger partial charge in [0.05, 0.1) is 38.2 Å². The molecule has 0 amide bonds. The van der Waals surface area contributed by atoms with Gasteiger partial charge < -0.3 is 29.2 Å². The van der Waals surface area contributed by atoms with Crippen molar-refractivity contribution in [3.05, 3.63) is 140 Å². The Kier molecular flexibility index (Phi) is 14.2. The average molecular weight is 867 g/mol. The van der Waals surface area contributed by atoms with Crippen molar-refractivity contribution in [2.24, 2.45) is 0 Å². The number of carboxylic acids is 1. The van der Waals surface area contributed by atoms with E-state index in [0.717, 1.165) is 35.0 Å². The third-order valence-electron chi connectivity index (χ3n) is 9.02. The largest absolute Gasteiger partial charge is 0.480 e. The molecule has 1 unspecified atom stereocenters. The summed E-state index contributed by atoms with van der Waals surface area (Å²) in [5.41, 5.74) is -0.678. The number of rotatable bonds is 16. The van der Waals surface area contributed by atoms with Crippen molar-refractivity contribution in [3.63, 3.8) is 0 Å². The van der Waals surface area contributed by atoms with E-state index >= 15 is 0 Å². The summed E-state index contributed by atoms with van der Waals surface area (Å²) < 4.78 is 70.3. The van der Waals surface area contributed by atoms with Crippen molar-refractivity contribution in [3.8, 4) is 11.3 Å². The lowest BCUT2D eigenvalue weighted by molar-refractivity contribution is -0.218.